The summed E-state index contributed by atoms with van der Waals surface area (Å²) in [6, 6.07) is 18.1. The Kier molecular flexibility index (Phi) is 10.0. The van der Waals surface area contributed by atoms with Gasteiger partial charge in [-0.2, -0.15) is 0 Å². The summed E-state index contributed by atoms with van der Waals surface area (Å²) in [6.07, 6.45) is 3.23. The van der Waals surface area contributed by atoms with Gasteiger partial charge >= 0.3 is 5.97 Å². The zero-order chi connectivity index (χ0) is 19.2. The average Bonchev–Trinajstić information content (AvgIpc) is 2.68. The van der Waals surface area contributed by atoms with Crippen molar-refractivity contribution >= 4 is 5.97 Å². The van der Waals surface area contributed by atoms with Crippen molar-refractivity contribution in [1.29, 1.82) is 0 Å². The number of unbranched alkanes of at least 4 members (excludes halogenated alkanes) is 2. The third-order valence-electron chi connectivity index (χ3n) is 4.06. The van der Waals surface area contributed by atoms with E-state index in [2.05, 4.69) is 17.4 Å². The van der Waals surface area contributed by atoms with Gasteiger partial charge in [0.2, 0.25) is 0 Å². The van der Waals surface area contributed by atoms with Crippen LogP contribution >= 0.6 is 0 Å². The minimum Gasteiger partial charge on any atom is -0.494 e. The first-order chi connectivity index (χ1) is 13.2. The van der Waals surface area contributed by atoms with Crippen molar-refractivity contribution in [2.24, 2.45) is 0 Å². The Bertz CT molecular complexity index is 660. The van der Waals surface area contributed by atoms with Crippen LogP contribution in [0.1, 0.15) is 36.8 Å². The molecule has 2 N–H and O–H groups in total. The SMILES string of the molecule is O=C(O)CCNCc1cccc(OCCCCCOCc2ccccc2)c1. The van der Waals surface area contributed by atoms with Crippen LogP contribution in [0.25, 0.3) is 0 Å². The van der Waals surface area contributed by atoms with Crippen molar-refractivity contribution in [2.45, 2.75) is 38.8 Å². The Hall–Kier alpha value is -2.37. The largest absolute Gasteiger partial charge is 0.494 e. The lowest BCUT2D eigenvalue weighted by atomic mass is 10.2. The Labute approximate surface area is 161 Å². The summed E-state index contributed by atoms with van der Waals surface area (Å²) in [5.41, 5.74) is 2.30. The van der Waals surface area contributed by atoms with Crippen LogP contribution in [-0.2, 0) is 22.7 Å². The Morgan fingerprint density at radius 2 is 1.70 bits per heavy atom. The first-order valence-electron chi connectivity index (χ1n) is 9.50. The van der Waals surface area contributed by atoms with Gasteiger partial charge in [-0.05, 0) is 42.5 Å². The number of ether oxygens (including phenoxy) is 2. The van der Waals surface area contributed by atoms with E-state index in [-0.39, 0.29) is 6.42 Å². The van der Waals surface area contributed by atoms with Crippen LogP contribution in [0.4, 0.5) is 0 Å². The van der Waals surface area contributed by atoms with Crippen LogP contribution in [-0.4, -0.2) is 30.8 Å². The molecule has 2 rings (SSSR count). The number of hydrogen-bond acceptors (Lipinski definition) is 4. The van der Waals surface area contributed by atoms with Crippen LogP contribution in [0.15, 0.2) is 54.6 Å². The summed E-state index contributed by atoms with van der Waals surface area (Å²) in [5, 5.41) is 11.7. The van der Waals surface area contributed by atoms with Crippen molar-refractivity contribution in [3.63, 3.8) is 0 Å². The Morgan fingerprint density at radius 3 is 2.52 bits per heavy atom. The number of hydrogen-bond donors (Lipinski definition) is 2. The van der Waals surface area contributed by atoms with Gasteiger partial charge in [-0.3, -0.25) is 4.79 Å². The smallest absolute Gasteiger partial charge is 0.304 e. The molecule has 0 atom stereocenters. The fraction of sp³-hybridized carbons (Fsp3) is 0.409. The van der Waals surface area contributed by atoms with E-state index in [0.717, 1.165) is 37.2 Å². The number of rotatable bonds is 14. The van der Waals surface area contributed by atoms with E-state index in [1.807, 2.05) is 42.5 Å². The molecular formula is C22H29NO4. The highest BCUT2D eigenvalue weighted by molar-refractivity contribution is 5.66. The van der Waals surface area contributed by atoms with Crippen molar-refractivity contribution < 1.29 is 19.4 Å². The second kappa shape index (κ2) is 12.9. The minimum atomic E-state index is -0.787. The standard InChI is InChI=1S/C22H29NO4/c24-22(25)12-13-23-17-20-10-7-11-21(16-20)27-15-6-2-5-14-26-18-19-8-3-1-4-9-19/h1,3-4,7-11,16,23H,2,5-6,12-15,17-18H2,(H,24,25). The molecule has 0 fully saturated rings. The van der Waals surface area contributed by atoms with Crippen molar-refractivity contribution in [2.75, 3.05) is 19.8 Å². The maximum atomic E-state index is 10.5. The molecule has 0 aromatic heterocycles. The van der Waals surface area contributed by atoms with Crippen molar-refractivity contribution in [3.05, 3.63) is 65.7 Å². The van der Waals surface area contributed by atoms with Gasteiger partial charge in [-0.1, -0.05) is 42.5 Å². The number of carboxylic acids is 1. The number of carboxylic acid groups (broad SMARTS) is 1. The molecule has 0 saturated heterocycles. The lowest BCUT2D eigenvalue weighted by Gasteiger charge is -2.09. The van der Waals surface area contributed by atoms with Crippen LogP contribution in [0.2, 0.25) is 0 Å². The van der Waals surface area contributed by atoms with Gasteiger partial charge in [0.25, 0.3) is 0 Å². The monoisotopic (exact) mass is 371 g/mol. The molecule has 0 aliphatic rings. The summed E-state index contributed by atoms with van der Waals surface area (Å²) in [5.74, 6) is 0.0675. The van der Waals surface area contributed by atoms with Crippen LogP contribution < -0.4 is 10.1 Å². The Morgan fingerprint density at radius 1 is 0.926 bits per heavy atom. The molecule has 5 heteroatoms. The van der Waals surface area contributed by atoms with Crippen LogP contribution in [0.5, 0.6) is 5.75 Å². The summed E-state index contributed by atoms with van der Waals surface area (Å²) < 4.78 is 11.5. The number of carbonyl (C=O) groups is 1. The fourth-order valence-electron chi connectivity index (χ4n) is 2.61. The minimum absolute atomic E-state index is 0.130. The lowest BCUT2D eigenvalue weighted by Crippen LogP contribution is -2.17. The summed E-state index contributed by atoms with van der Waals surface area (Å²) in [7, 11) is 0. The molecule has 146 valence electrons. The zero-order valence-electron chi connectivity index (χ0n) is 15.7. The summed E-state index contributed by atoms with van der Waals surface area (Å²) >= 11 is 0. The molecule has 0 amide bonds. The van der Waals surface area contributed by atoms with Gasteiger partial charge in [0, 0.05) is 19.7 Å². The van der Waals surface area contributed by atoms with Crippen LogP contribution in [0.3, 0.4) is 0 Å². The average molecular weight is 371 g/mol. The predicted molar refractivity (Wildman–Crippen MR) is 106 cm³/mol. The van der Waals surface area contributed by atoms with E-state index >= 15 is 0 Å². The quantitative estimate of drug-likeness (QED) is 0.491. The van der Waals surface area contributed by atoms with E-state index in [0.29, 0.717) is 26.3 Å². The third kappa shape index (κ3) is 9.78. The molecule has 0 bridgehead atoms. The van der Waals surface area contributed by atoms with Gasteiger partial charge in [0.15, 0.2) is 0 Å². The highest BCUT2D eigenvalue weighted by atomic mass is 16.5. The maximum Gasteiger partial charge on any atom is 0.304 e. The third-order valence-corrected chi connectivity index (χ3v) is 4.06. The molecule has 0 spiro atoms. The highest BCUT2D eigenvalue weighted by Crippen LogP contribution is 2.14. The van der Waals surface area contributed by atoms with Gasteiger partial charge in [0.1, 0.15) is 5.75 Å². The van der Waals surface area contributed by atoms with E-state index in [1.165, 1.54) is 5.56 Å². The van der Waals surface area contributed by atoms with E-state index in [9.17, 15) is 4.79 Å². The molecule has 0 aliphatic carbocycles. The molecule has 27 heavy (non-hydrogen) atoms. The highest BCUT2D eigenvalue weighted by Gasteiger charge is 2.00. The maximum absolute atomic E-state index is 10.5. The number of benzene rings is 2. The van der Waals surface area contributed by atoms with Gasteiger partial charge in [-0.15, -0.1) is 0 Å². The normalized spacial score (nSPS) is 10.7. The fourth-order valence-corrected chi connectivity index (χ4v) is 2.61. The zero-order valence-corrected chi connectivity index (χ0v) is 15.7. The molecule has 2 aromatic carbocycles. The van der Waals surface area contributed by atoms with Crippen molar-refractivity contribution in [1.82, 2.24) is 5.32 Å². The Balaban J connectivity index is 1.51. The lowest BCUT2D eigenvalue weighted by molar-refractivity contribution is -0.136. The molecule has 0 heterocycles. The first-order valence-corrected chi connectivity index (χ1v) is 9.50. The first kappa shape index (κ1) is 20.9. The van der Waals surface area contributed by atoms with Gasteiger partial charge in [0.05, 0.1) is 19.6 Å². The topological polar surface area (TPSA) is 67.8 Å². The molecule has 5 nitrogen and oxygen atoms in total. The van der Waals surface area contributed by atoms with E-state index < -0.39 is 5.97 Å². The van der Waals surface area contributed by atoms with Gasteiger partial charge < -0.3 is 19.9 Å². The number of nitrogens with one attached hydrogen (secondary N) is 1. The molecule has 0 saturated carbocycles. The van der Waals surface area contributed by atoms with Crippen molar-refractivity contribution in [3.8, 4) is 5.75 Å². The van der Waals surface area contributed by atoms with Gasteiger partial charge in [-0.25, -0.2) is 0 Å². The predicted octanol–water partition coefficient (Wildman–Crippen LogP) is 4.02. The summed E-state index contributed by atoms with van der Waals surface area (Å²) in [6.45, 7) is 3.24. The molecule has 0 aliphatic heterocycles. The molecule has 0 radical (unpaired) electrons. The van der Waals surface area contributed by atoms with E-state index in [4.69, 9.17) is 14.6 Å². The second-order valence-corrected chi connectivity index (χ2v) is 6.42. The summed E-state index contributed by atoms with van der Waals surface area (Å²) in [4.78, 5) is 10.5. The number of aliphatic carboxylic acids is 1. The molecule has 0 unspecified atom stereocenters. The van der Waals surface area contributed by atoms with Crippen LogP contribution in [0, 0.1) is 0 Å². The molecular weight excluding hydrogens is 342 g/mol. The van der Waals surface area contributed by atoms with E-state index in [1.54, 1.807) is 0 Å². The molecule has 2 aromatic rings. The second-order valence-electron chi connectivity index (χ2n) is 6.42.